The van der Waals surface area contributed by atoms with Gasteiger partial charge in [-0.15, -0.1) is 0 Å². The zero-order valence-corrected chi connectivity index (χ0v) is 12.1. The largest absolute Gasteiger partial charge is 0.466 e. The third kappa shape index (κ3) is 4.19. The van der Waals surface area contributed by atoms with Crippen LogP contribution < -0.4 is 5.73 Å². The van der Waals surface area contributed by atoms with Crippen molar-refractivity contribution in [2.75, 3.05) is 19.7 Å². The van der Waals surface area contributed by atoms with Gasteiger partial charge in [-0.1, -0.05) is 30.3 Å². The Balaban J connectivity index is 1.73. The van der Waals surface area contributed by atoms with Crippen molar-refractivity contribution in [3.63, 3.8) is 0 Å². The van der Waals surface area contributed by atoms with Crippen LogP contribution in [0.25, 0.3) is 0 Å². The molecule has 1 aromatic rings. The Morgan fingerprint density at radius 1 is 1.24 bits per heavy atom. The number of esters is 1. The number of hydrogen-bond donors (Lipinski definition) is 1. The van der Waals surface area contributed by atoms with Gasteiger partial charge in [-0.2, -0.15) is 0 Å². The molecule has 0 spiro atoms. The molecule has 0 aliphatic carbocycles. The molecule has 0 unspecified atom stereocenters. The van der Waals surface area contributed by atoms with E-state index in [1.54, 1.807) is 6.92 Å². The lowest BCUT2D eigenvalue weighted by Crippen LogP contribution is -2.69. The maximum atomic E-state index is 11.8. The Hall–Kier alpha value is -2.08. The van der Waals surface area contributed by atoms with Crippen molar-refractivity contribution in [1.82, 2.24) is 4.90 Å². The fourth-order valence-corrected chi connectivity index (χ4v) is 2.26. The van der Waals surface area contributed by atoms with Crippen molar-refractivity contribution < 1.29 is 19.1 Å². The number of carbonyl (C=O) groups excluding carboxylic acids is 2. The van der Waals surface area contributed by atoms with Gasteiger partial charge in [0.25, 0.3) is 0 Å². The number of nitrogens with two attached hydrogens (primary N) is 1. The number of hydrogen-bond acceptors (Lipinski definition) is 5. The normalized spacial score (nSPS) is 16.0. The van der Waals surface area contributed by atoms with Gasteiger partial charge < -0.3 is 20.1 Å². The number of amides is 1. The summed E-state index contributed by atoms with van der Waals surface area (Å²) in [4.78, 5) is 24.7. The average molecular weight is 292 g/mol. The third-order valence-corrected chi connectivity index (χ3v) is 3.28. The summed E-state index contributed by atoms with van der Waals surface area (Å²) in [6.07, 6.45) is -0.299. The number of ether oxygens (including phenoxy) is 2. The van der Waals surface area contributed by atoms with Gasteiger partial charge in [0.15, 0.2) is 0 Å². The number of likely N-dealkylation sites (tertiary alicyclic amines) is 1. The second kappa shape index (κ2) is 6.58. The summed E-state index contributed by atoms with van der Waals surface area (Å²) in [7, 11) is 0. The van der Waals surface area contributed by atoms with E-state index < -0.39 is 11.6 Å². The molecule has 21 heavy (non-hydrogen) atoms. The van der Waals surface area contributed by atoms with Crippen LogP contribution in [-0.2, 0) is 20.9 Å². The molecule has 1 saturated heterocycles. The van der Waals surface area contributed by atoms with E-state index in [1.807, 2.05) is 30.3 Å². The van der Waals surface area contributed by atoms with Gasteiger partial charge in [0, 0.05) is 13.1 Å². The summed E-state index contributed by atoms with van der Waals surface area (Å²) < 4.78 is 10.1. The van der Waals surface area contributed by atoms with Crippen LogP contribution in [0.4, 0.5) is 4.79 Å². The minimum Gasteiger partial charge on any atom is -0.466 e. The molecule has 114 valence electrons. The molecule has 6 nitrogen and oxygen atoms in total. The van der Waals surface area contributed by atoms with Crippen molar-refractivity contribution in [3.8, 4) is 0 Å². The van der Waals surface area contributed by atoms with Crippen LogP contribution in [0.15, 0.2) is 30.3 Å². The molecule has 1 amide bonds. The lowest BCUT2D eigenvalue weighted by atomic mass is 9.88. The SMILES string of the molecule is CCOC(=O)CC1(N)CN(C(=O)OCc2ccccc2)C1. The first-order chi connectivity index (χ1) is 10.0. The molecule has 1 heterocycles. The zero-order valence-electron chi connectivity index (χ0n) is 12.1. The van der Waals surface area contributed by atoms with Crippen LogP contribution in [0.5, 0.6) is 0 Å². The molecule has 6 heteroatoms. The number of benzene rings is 1. The highest BCUT2D eigenvalue weighted by Crippen LogP contribution is 2.23. The second-order valence-corrected chi connectivity index (χ2v) is 5.24. The van der Waals surface area contributed by atoms with Crippen molar-refractivity contribution in [2.24, 2.45) is 5.73 Å². The summed E-state index contributed by atoms with van der Waals surface area (Å²) in [5.41, 5.74) is 6.25. The molecular weight excluding hydrogens is 272 g/mol. The van der Waals surface area contributed by atoms with Crippen molar-refractivity contribution >= 4 is 12.1 Å². The molecule has 0 saturated carbocycles. The standard InChI is InChI=1S/C15H20N2O4/c1-2-20-13(18)8-15(16)10-17(11-15)14(19)21-9-12-6-4-3-5-7-12/h3-7H,2,8-11,16H2,1H3. The molecule has 0 aromatic heterocycles. The molecular formula is C15H20N2O4. The summed E-state index contributed by atoms with van der Waals surface area (Å²) in [6.45, 7) is 2.91. The van der Waals surface area contributed by atoms with Crippen molar-refractivity contribution in [1.29, 1.82) is 0 Å². The van der Waals surface area contributed by atoms with E-state index >= 15 is 0 Å². The van der Waals surface area contributed by atoms with Crippen LogP contribution in [0.3, 0.4) is 0 Å². The van der Waals surface area contributed by atoms with E-state index in [2.05, 4.69) is 0 Å². The van der Waals surface area contributed by atoms with E-state index in [0.29, 0.717) is 19.7 Å². The highest BCUT2D eigenvalue weighted by Gasteiger charge is 2.44. The molecule has 0 radical (unpaired) electrons. The maximum absolute atomic E-state index is 11.8. The fraction of sp³-hybridized carbons (Fsp3) is 0.467. The Morgan fingerprint density at radius 3 is 2.52 bits per heavy atom. The molecule has 1 fully saturated rings. The Bertz CT molecular complexity index is 498. The van der Waals surface area contributed by atoms with Crippen LogP contribution >= 0.6 is 0 Å². The summed E-state index contributed by atoms with van der Waals surface area (Å²) in [5, 5.41) is 0. The van der Waals surface area contributed by atoms with E-state index in [0.717, 1.165) is 5.56 Å². The molecule has 2 rings (SSSR count). The van der Waals surface area contributed by atoms with Crippen molar-refractivity contribution in [2.45, 2.75) is 25.5 Å². The lowest BCUT2D eigenvalue weighted by molar-refractivity contribution is -0.146. The Kier molecular flexibility index (Phi) is 4.80. The first-order valence-corrected chi connectivity index (χ1v) is 6.92. The van der Waals surface area contributed by atoms with Gasteiger partial charge in [0.05, 0.1) is 18.6 Å². The zero-order chi connectivity index (χ0) is 15.3. The van der Waals surface area contributed by atoms with Crippen molar-refractivity contribution in [3.05, 3.63) is 35.9 Å². The summed E-state index contributed by atoms with van der Waals surface area (Å²) in [5.74, 6) is -0.336. The monoisotopic (exact) mass is 292 g/mol. The van der Waals surface area contributed by atoms with Gasteiger partial charge in [0.2, 0.25) is 0 Å². The quantitative estimate of drug-likeness (QED) is 0.827. The molecule has 0 atom stereocenters. The highest BCUT2D eigenvalue weighted by atomic mass is 16.6. The highest BCUT2D eigenvalue weighted by molar-refractivity contribution is 5.73. The summed E-state index contributed by atoms with van der Waals surface area (Å²) in [6, 6.07) is 9.45. The maximum Gasteiger partial charge on any atom is 0.410 e. The minimum absolute atomic E-state index is 0.114. The van der Waals surface area contributed by atoms with Gasteiger partial charge in [-0.3, -0.25) is 4.79 Å². The summed E-state index contributed by atoms with van der Waals surface area (Å²) >= 11 is 0. The van der Waals surface area contributed by atoms with Crippen LogP contribution in [-0.4, -0.2) is 42.2 Å². The smallest absolute Gasteiger partial charge is 0.410 e. The number of carbonyl (C=O) groups is 2. The van der Waals surface area contributed by atoms with E-state index in [4.69, 9.17) is 15.2 Å². The molecule has 1 aliphatic heterocycles. The second-order valence-electron chi connectivity index (χ2n) is 5.24. The van der Waals surface area contributed by atoms with Crippen LogP contribution in [0.1, 0.15) is 18.9 Å². The number of rotatable bonds is 5. The van der Waals surface area contributed by atoms with E-state index in [9.17, 15) is 9.59 Å². The van der Waals surface area contributed by atoms with E-state index in [1.165, 1.54) is 4.90 Å². The van der Waals surface area contributed by atoms with Gasteiger partial charge in [0.1, 0.15) is 6.61 Å². The minimum atomic E-state index is -0.696. The third-order valence-electron chi connectivity index (χ3n) is 3.28. The van der Waals surface area contributed by atoms with Crippen LogP contribution in [0, 0.1) is 0 Å². The fourth-order valence-electron chi connectivity index (χ4n) is 2.26. The number of nitrogens with zero attached hydrogens (tertiary/aromatic N) is 1. The molecule has 2 N–H and O–H groups in total. The first-order valence-electron chi connectivity index (χ1n) is 6.92. The predicted molar refractivity (Wildman–Crippen MR) is 76.4 cm³/mol. The molecule has 1 aromatic carbocycles. The molecule has 0 bridgehead atoms. The Labute approximate surface area is 123 Å². The van der Waals surface area contributed by atoms with E-state index in [-0.39, 0.29) is 19.0 Å². The van der Waals surface area contributed by atoms with Gasteiger partial charge in [-0.25, -0.2) is 4.79 Å². The van der Waals surface area contributed by atoms with Crippen LogP contribution in [0.2, 0.25) is 0 Å². The lowest BCUT2D eigenvalue weighted by Gasteiger charge is -2.46. The first kappa shape index (κ1) is 15.3. The Morgan fingerprint density at radius 2 is 1.90 bits per heavy atom. The molecule has 1 aliphatic rings. The van der Waals surface area contributed by atoms with Gasteiger partial charge >= 0.3 is 12.1 Å². The average Bonchev–Trinajstić information content (AvgIpc) is 2.43. The predicted octanol–water partition coefficient (Wildman–Crippen LogP) is 1.29. The van der Waals surface area contributed by atoms with Gasteiger partial charge in [-0.05, 0) is 12.5 Å². The topological polar surface area (TPSA) is 81.9 Å².